The second-order valence-electron chi connectivity index (χ2n) is 4.62. The standard InChI is InChI=1S/C15H11ClN2OS2/c16-11-5-9(7-17)1-2-12(11)18-15(19)14-6-10-8-20-4-3-13(10)21-14/h1-2,5-6H,3-4,8H2,(H,18,19). The summed E-state index contributed by atoms with van der Waals surface area (Å²) in [7, 11) is 0. The van der Waals surface area contributed by atoms with E-state index in [-0.39, 0.29) is 5.91 Å². The van der Waals surface area contributed by atoms with Crippen molar-refractivity contribution in [3.63, 3.8) is 0 Å². The number of thiophene rings is 1. The number of thioether (sulfide) groups is 1. The van der Waals surface area contributed by atoms with Gasteiger partial charge in [-0.05, 0) is 42.0 Å². The van der Waals surface area contributed by atoms with Crippen LogP contribution in [0, 0.1) is 11.3 Å². The summed E-state index contributed by atoms with van der Waals surface area (Å²) in [4.78, 5) is 14.3. The fourth-order valence-corrected chi connectivity index (χ4v) is 4.62. The maximum absolute atomic E-state index is 12.3. The van der Waals surface area contributed by atoms with Crippen molar-refractivity contribution in [2.75, 3.05) is 11.1 Å². The van der Waals surface area contributed by atoms with Crippen LogP contribution in [0.3, 0.4) is 0 Å². The second kappa shape index (κ2) is 6.10. The third kappa shape index (κ3) is 3.08. The Balaban J connectivity index is 1.80. The molecule has 0 saturated heterocycles. The number of benzene rings is 1. The first-order valence-electron chi connectivity index (χ1n) is 6.37. The van der Waals surface area contributed by atoms with E-state index in [0.29, 0.717) is 21.2 Å². The molecular weight excluding hydrogens is 324 g/mol. The predicted molar refractivity (Wildman–Crippen MR) is 88.3 cm³/mol. The minimum atomic E-state index is -0.147. The van der Waals surface area contributed by atoms with E-state index in [1.54, 1.807) is 29.5 Å². The molecule has 0 bridgehead atoms. The minimum absolute atomic E-state index is 0.147. The first-order chi connectivity index (χ1) is 10.2. The smallest absolute Gasteiger partial charge is 0.265 e. The Labute approximate surface area is 135 Å². The highest BCUT2D eigenvalue weighted by atomic mass is 35.5. The van der Waals surface area contributed by atoms with Gasteiger partial charge in [0.15, 0.2) is 0 Å². The number of hydrogen-bond donors (Lipinski definition) is 1. The van der Waals surface area contributed by atoms with Crippen molar-refractivity contribution in [3.05, 3.63) is 50.2 Å². The third-order valence-electron chi connectivity index (χ3n) is 3.20. The molecule has 6 heteroatoms. The Kier molecular flexibility index (Phi) is 4.20. The molecule has 0 aliphatic carbocycles. The van der Waals surface area contributed by atoms with Crippen LogP contribution in [0.5, 0.6) is 0 Å². The van der Waals surface area contributed by atoms with Crippen molar-refractivity contribution in [1.29, 1.82) is 5.26 Å². The summed E-state index contributed by atoms with van der Waals surface area (Å²) >= 11 is 9.53. The maximum Gasteiger partial charge on any atom is 0.265 e. The Morgan fingerprint density at radius 2 is 2.24 bits per heavy atom. The number of rotatable bonds is 2. The molecule has 1 aliphatic rings. The number of halogens is 1. The Morgan fingerprint density at radius 1 is 1.38 bits per heavy atom. The van der Waals surface area contributed by atoms with E-state index in [0.717, 1.165) is 17.9 Å². The quantitative estimate of drug-likeness (QED) is 0.890. The van der Waals surface area contributed by atoms with Crippen molar-refractivity contribution >= 4 is 46.3 Å². The summed E-state index contributed by atoms with van der Waals surface area (Å²) in [6.45, 7) is 0. The van der Waals surface area contributed by atoms with E-state index in [1.165, 1.54) is 10.4 Å². The Hall–Kier alpha value is -1.48. The number of carbonyl (C=O) groups excluding carboxylic acids is 1. The molecule has 0 unspecified atom stereocenters. The van der Waals surface area contributed by atoms with Crippen LogP contribution in [0.4, 0.5) is 5.69 Å². The second-order valence-corrected chi connectivity index (χ2v) is 7.27. The summed E-state index contributed by atoms with van der Waals surface area (Å²) in [6, 6.07) is 8.83. The van der Waals surface area contributed by atoms with Crippen LogP contribution >= 0.6 is 34.7 Å². The van der Waals surface area contributed by atoms with Crippen LogP contribution in [0.15, 0.2) is 24.3 Å². The van der Waals surface area contributed by atoms with Crippen LogP contribution in [-0.2, 0) is 12.2 Å². The first-order valence-corrected chi connectivity index (χ1v) is 8.72. The highest BCUT2D eigenvalue weighted by molar-refractivity contribution is 7.98. The van der Waals surface area contributed by atoms with Gasteiger partial charge in [0.1, 0.15) is 0 Å². The molecule has 1 aliphatic heterocycles. The number of nitriles is 1. The van der Waals surface area contributed by atoms with Crippen molar-refractivity contribution in [3.8, 4) is 6.07 Å². The summed E-state index contributed by atoms with van der Waals surface area (Å²) < 4.78 is 0. The van der Waals surface area contributed by atoms with Gasteiger partial charge in [-0.2, -0.15) is 17.0 Å². The molecule has 1 aromatic heterocycles. The van der Waals surface area contributed by atoms with Crippen molar-refractivity contribution in [2.45, 2.75) is 12.2 Å². The lowest BCUT2D eigenvalue weighted by Crippen LogP contribution is -2.10. The molecule has 3 rings (SSSR count). The zero-order chi connectivity index (χ0) is 14.8. The number of anilines is 1. The number of carbonyl (C=O) groups is 1. The predicted octanol–water partition coefficient (Wildman–Crippen LogP) is 4.31. The molecule has 1 aromatic carbocycles. The van der Waals surface area contributed by atoms with E-state index in [4.69, 9.17) is 16.9 Å². The van der Waals surface area contributed by atoms with Crippen LogP contribution in [-0.4, -0.2) is 11.7 Å². The summed E-state index contributed by atoms with van der Waals surface area (Å²) in [5, 5.41) is 12.0. The lowest BCUT2D eigenvalue weighted by molar-refractivity contribution is 0.103. The van der Waals surface area contributed by atoms with Gasteiger partial charge >= 0.3 is 0 Å². The highest BCUT2D eigenvalue weighted by Gasteiger charge is 2.18. The van der Waals surface area contributed by atoms with Gasteiger partial charge in [-0.25, -0.2) is 0 Å². The van der Waals surface area contributed by atoms with E-state index >= 15 is 0 Å². The monoisotopic (exact) mass is 334 g/mol. The number of nitrogens with zero attached hydrogens (tertiary/aromatic N) is 1. The topological polar surface area (TPSA) is 52.9 Å². The van der Waals surface area contributed by atoms with Gasteiger partial charge in [0.25, 0.3) is 5.91 Å². The van der Waals surface area contributed by atoms with Gasteiger partial charge in [0.2, 0.25) is 0 Å². The number of amides is 1. The summed E-state index contributed by atoms with van der Waals surface area (Å²) in [5.41, 5.74) is 2.27. The maximum atomic E-state index is 12.3. The molecule has 21 heavy (non-hydrogen) atoms. The average Bonchev–Trinajstić information content (AvgIpc) is 2.93. The fraction of sp³-hybridized carbons (Fsp3) is 0.200. The largest absolute Gasteiger partial charge is 0.320 e. The molecule has 0 saturated carbocycles. The number of aryl methyl sites for hydroxylation is 1. The highest BCUT2D eigenvalue weighted by Crippen LogP contribution is 2.32. The van der Waals surface area contributed by atoms with Gasteiger partial charge in [-0.3, -0.25) is 4.79 Å². The Morgan fingerprint density at radius 3 is 2.95 bits per heavy atom. The number of nitrogens with one attached hydrogen (secondary N) is 1. The molecule has 106 valence electrons. The third-order valence-corrected chi connectivity index (χ3v) is 5.75. The van der Waals surface area contributed by atoms with E-state index in [9.17, 15) is 4.79 Å². The van der Waals surface area contributed by atoms with Gasteiger partial charge in [0, 0.05) is 10.6 Å². The Bertz CT molecular complexity index is 725. The van der Waals surface area contributed by atoms with Gasteiger partial charge in [0.05, 0.1) is 27.2 Å². The first kappa shape index (κ1) is 14.5. The van der Waals surface area contributed by atoms with Gasteiger partial charge in [-0.15, -0.1) is 11.3 Å². The number of hydrogen-bond acceptors (Lipinski definition) is 4. The van der Waals surface area contributed by atoms with Gasteiger partial charge < -0.3 is 5.32 Å². The molecular formula is C15H11ClN2OS2. The lowest BCUT2D eigenvalue weighted by atomic mass is 10.2. The zero-order valence-corrected chi connectivity index (χ0v) is 13.4. The molecule has 0 spiro atoms. The van der Waals surface area contributed by atoms with E-state index < -0.39 is 0 Å². The average molecular weight is 335 g/mol. The fourth-order valence-electron chi connectivity index (χ4n) is 2.13. The molecule has 2 aromatic rings. The van der Waals surface area contributed by atoms with Crippen LogP contribution in [0.2, 0.25) is 5.02 Å². The molecule has 0 radical (unpaired) electrons. The van der Waals surface area contributed by atoms with Crippen LogP contribution in [0.25, 0.3) is 0 Å². The summed E-state index contributed by atoms with van der Waals surface area (Å²) in [5.74, 6) is 1.96. The lowest BCUT2D eigenvalue weighted by Gasteiger charge is -2.08. The number of fused-ring (bicyclic) bond motifs is 1. The van der Waals surface area contributed by atoms with Crippen LogP contribution in [0.1, 0.15) is 25.7 Å². The van der Waals surface area contributed by atoms with Crippen molar-refractivity contribution in [1.82, 2.24) is 0 Å². The molecule has 1 N–H and O–H groups in total. The van der Waals surface area contributed by atoms with Crippen molar-refractivity contribution < 1.29 is 4.79 Å². The molecule has 0 atom stereocenters. The summed E-state index contributed by atoms with van der Waals surface area (Å²) in [6.07, 6.45) is 1.04. The molecule has 3 nitrogen and oxygen atoms in total. The van der Waals surface area contributed by atoms with Crippen LogP contribution < -0.4 is 5.32 Å². The molecule has 0 fully saturated rings. The minimum Gasteiger partial charge on any atom is -0.320 e. The van der Waals surface area contributed by atoms with Gasteiger partial charge in [-0.1, -0.05) is 11.6 Å². The van der Waals surface area contributed by atoms with E-state index in [2.05, 4.69) is 5.32 Å². The van der Waals surface area contributed by atoms with Crippen molar-refractivity contribution in [2.24, 2.45) is 0 Å². The SMILES string of the molecule is N#Cc1ccc(NC(=O)c2cc3c(s2)CCSC3)c(Cl)c1. The molecule has 2 heterocycles. The zero-order valence-electron chi connectivity index (χ0n) is 11.0. The normalized spacial score (nSPS) is 13.3. The van der Waals surface area contributed by atoms with E-state index in [1.807, 2.05) is 23.9 Å². The molecule has 1 amide bonds.